The van der Waals surface area contributed by atoms with Crippen LogP contribution in [-0.2, 0) is 16.3 Å². The van der Waals surface area contributed by atoms with Crippen molar-refractivity contribution in [3.05, 3.63) is 30.1 Å². The van der Waals surface area contributed by atoms with Gasteiger partial charge in [0.05, 0.1) is 11.5 Å². The summed E-state index contributed by atoms with van der Waals surface area (Å²) < 4.78 is 22.9. The Balaban J connectivity index is 1.44. The van der Waals surface area contributed by atoms with Crippen molar-refractivity contribution in [2.75, 3.05) is 24.6 Å². The second-order valence-electron chi connectivity index (χ2n) is 6.55. The van der Waals surface area contributed by atoms with Gasteiger partial charge < -0.3 is 10.2 Å². The molecule has 2 fully saturated rings. The molecule has 0 saturated carbocycles. The number of rotatable bonds is 3. The van der Waals surface area contributed by atoms with Crippen molar-refractivity contribution in [3.63, 3.8) is 0 Å². The van der Waals surface area contributed by atoms with Crippen LogP contribution in [0.3, 0.4) is 0 Å². The summed E-state index contributed by atoms with van der Waals surface area (Å²) in [5, 5.41) is 2.87. The molecular weight excluding hydrogens is 314 g/mol. The van der Waals surface area contributed by atoms with E-state index in [9.17, 15) is 13.2 Å². The van der Waals surface area contributed by atoms with Gasteiger partial charge in [0.15, 0.2) is 9.84 Å². The highest BCUT2D eigenvalue weighted by Gasteiger charge is 2.31. The summed E-state index contributed by atoms with van der Waals surface area (Å²) >= 11 is 0. The Morgan fingerprint density at radius 3 is 2.70 bits per heavy atom. The molecule has 1 aromatic rings. The van der Waals surface area contributed by atoms with Crippen LogP contribution in [-0.4, -0.2) is 55.0 Å². The topological polar surface area (TPSA) is 79.4 Å². The molecule has 3 heterocycles. The van der Waals surface area contributed by atoms with E-state index >= 15 is 0 Å². The highest BCUT2D eigenvalue weighted by atomic mass is 32.2. The zero-order valence-corrected chi connectivity index (χ0v) is 14.0. The maximum Gasteiger partial charge on any atom is 0.317 e. The molecule has 2 aliphatic heterocycles. The Bertz CT molecular complexity index is 640. The molecule has 2 saturated heterocycles. The normalized spacial score (nSPS) is 24.5. The average Bonchev–Trinajstić information content (AvgIpc) is 2.88. The number of pyridine rings is 1. The van der Waals surface area contributed by atoms with Crippen LogP contribution in [0.5, 0.6) is 0 Å². The van der Waals surface area contributed by atoms with Crippen LogP contribution < -0.4 is 5.32 Å². The van der Waals surface area contributed by atoms with E-state index in [0.29, 0.717) is 12.3 Å². The van der Waals surface area contributed by atoms with Gasteiger partial charge in [-0.05, 0) is 43.2 Å². The summed E-state index contributed by atoms with van der Waals surface area (Å²) in [7, 11) is -2.95. The molecular formula is C16H23N3O3S. The van der Waals surface area contributed by atoms with Gasteiger partial charge in [-0.3, -0.25) is 4.98 Å². The number of nitrogens with zero attached hydrogens (tertiary/aromatic N) is 2. The van der Waals surface area contributed by atoms with Crippen LogP contribution in [0.2, 0.25) is 0 Å². The van der Waals surface area contributed by atoms with E-state index in [1.54, 1.807) is 6.20 Å². The summed E-state index contributed by atoms with van der Waals surface area (Å²) in [4.78, 5) is 18.2. The van der Waals surface area contributed by atoms with Crippen molar-refractivity contribution in [1.82, 2.24) is 15.2 Å². The SMILES string of the molecule is O=C(N[C@@H]1CCS(=O)(=O)C1)N1CCC(Cc2cccnc2)CC1. The molecule has 0 bridgehead atoms. The van der Waals surface area contributed by atoms with Crippen molar-refractivity contribution >= 4 is 15.9 Å². The summed E-state index contributed by atoms with van der Waals surface area (Å²) in [5.41, 5.74) is 1.24. The number of hydrogen-bond acceptors (Lipinski definition) is 4. The minimum Gasteiger partial charge on any atom is -0.334 e. The summed E-state index contributed by atoms with van der Waals surface area (Å²) in [5.74, 6) is 0.844. The van der Waals surface area contributed by atoms with Crippen molar-refractivity contribution in [1.29, 1.82) is 0 Å². The molecule has 6 nitrogen and oxygen atoms in total. The van der Waals surface area contributed by atoms with Crippen molar-refractivity contribution in [3.8, 4) is 0 Å². The fourth-order valence-corrected chi connectivity index (χ4v) is 5.04. The molecule has 2 aliphatic rings. The molecule has 0 unspecified atom stereocenters. The number of sulfone groups is 1. The van der Waals surface area contributed by atoms with E-state index in [1.807, 2.05) is 17.2 Å². The number of nitrogens with one attached hydrogen (secondary N) is 1. The van der Waals surface area contributed by atoms with Crippen LogP contribution in [0, 0.1) is 5.92 Å². The minimum absolute atomic E-state index is 0.0796. The van der Waals surface area contributed by atoms with Crippen molar-refractivity contribution in [2.24, 2.45) is 5.92 Å². The van der Waals surface area contributed by atoms with Crippen LogP contribution in [0.15, 0.2) is 24.5 Å². The lowest BCUT2D eigenvalue weighted by molar-refractivity contribution is 0.168. The molecule has 2 amide bonds. The first-order valence-corrected chi connectivity index (χ1v) is 9.99. The Labute approximate surface area is 137 Å². The third-order valence-electron chi connectivity index (χ3n) is 4.71. The van der Waals surface area contributed by atoms with Gasteiger partial charge in [0, 0.05) is 31.5 Å². The number of hydrogen-bond donors (Lipinski definition) is 1. The smallest absolute Gasteiger partial charge is 0.317 e. The lowest BCUT2D eigenvalue weighted by Gasteiger charge is -2.32. The zero-order valence-electron chi connectivity index (χ0n) is 13.1. The predicted molar refractivity (Wildman–Crippen MR) is 87.8 cm³/mol. The Hall–Kier alpha value is -1.63. The van der Waals surface area contributed by atoms with Crippen molar-refractivity contribution in [2.45, 2.75) is 31.7 Å². The quantitative estimate of drug-likeness (QED) is 0.900. The highest BCUT2D eigenvalue weighted by Crippen LogP contribution is 2.21. The second kappa shape index (κ2) is 6.86. The number of piperidine rings is 1. The highest BCUT2D eigenvalue weighted by molar-refractivity contribution is 7.91. The Morgan fingerprint density at radius 2 is 2.09 bits per heavy atom. The number of urea groups is 1. The molecule has 0 aromatic carbocycles. The van der Waals surface area contributed by atoms with Gasteiger partial charge in [0.25, 0.3) is 0 Å². The maximum absolute atomic E-state index is 12.2. The molecule has 1 atom stereocenters. The summed E-state index contributed by atoms with van der Waals surface area (Å²) in [6.45, 7) is 1.46. The zero-order chi connectivity index (χ0) is 16.3. The maximum atomic E-state index is 12.2. The van der Waals surface area contributed by atoms with E-state index < -0.39 is 9.84 Å². The number of aromatic nitrogens is 1. The predicted octanol–water partition coefficient (Wildman–Crippen LogP) is 1.23. The van der Waals surface area contributed by atoms with E-state index in [2.05, 4.69) is 16.4 Å². The molecule has 7 heteroatoms. The number of carbonyl (C=O) groups excluding carboxylic acids is 1. The van der Waals surface area contributed by atoms with Crippen LogP contribution in [0.25, 0.3) is 0 Å². The fraction of sp³-hybridized carbons (Fsp3) is 0.625. The van der Waals surface area contributed by atoms with Gasteiger partial charge >= 0.3 is 6.03 Å². The Morgan fingerprint density at radius 1 is 1.30 bits per heavy atom. The molecule has 0 aliphatic carbocycles. The summed E-state index contributed by atoms with van der Waals surface area (Å²) in [6, 6.07) is 3.70. The molecule has 3 rings (SSSR count). The lowest BCUT2D eigenvalue weighted by Crippen LogP contribution is -2.48. The van der Waals surface area contributed by atoms with Crippen LogP contribution in [0.4, 0.5) is 4.79 Å². The first-order chi connectivity index (χ1) is 11.0. The molecule has 1 aromatic heterocycles. The van der Waals surface area contributed by atoms with Gasteiger partial charge in [0.2, 0.25) is 0 Å². The largest absolute Gasteiger partial charge is 0.334 e. The van der Waals surface area contributed by atoms with E-state index in [0.717, 1.165) is 32.4 Å². The number of amides is 2. The number of likely N-dealkylation sites (tertiary alicyclic amines) is 1. The van der Waals surface area contributed by atoms with Gasteiger partial charge in [-0.25, -0.2) is 13.2 Å². The Kier molecular flexibility index (Phi) is 4.84. The van der Waals surface area contributed by atoms with Gasteiger partial charge in [0.1, 0.15) is 0 Å². The van der Waals surface area contributed by atoms with Crippen LogP contribution in [0.1, 0.15) is 24.8 Å². The van der Waals surface area contributed by atoms with Gasteiger partial charge in [-0.1, -0.05) is 6.07 Å². The third kappa shape index (κ3) is 4.43. The van der Waals surface area contributed by atoms with E-state index in [1.165, 1.54) is 5.56 Å². The lowest BCUT2D eigenvalue weighted by atomic mass is 9.91. The molecule has 126 valence electrons. The van der Waals surface area contributed by atoms with E-state index in [4.69, 9.17) is 0 Å². The molecule has 0 spiro atoms. The fourth-order valence-electron chi connectivity index (χ4n) is 3.37. The van der Waals surface area contributed by atoms with Crippen LogP contribution >= 0.6 is 0 Å². The molecule has 0 radical (unpaired) electrons. The van der Waals surface area contributed by atoms with Gasteiger partial charge in [-0.15, -0.1) is 0 Å². The summed E-state index contributed by atoms with van der Waals surface area (Å²) in [6.07, 6.45) is 7.17. The first kappa shape index (κ1) is 16.2. The monoisotopic (exact) mass is 337 g/mol. The molecule has 1 N–H and O–H groups in total. The second-order valence-corrected chi connectivity index (χ2v) is 8.77. The third-order valence-corrected chi connectivity index (χ3v) is 6.48. The molecule has 23 heavy (non-hydrogen) atoms. The minimum atomic E-state index is -2.95. The van der Waals surface area contributed by atoms with Crippen molar-refractivity contribution < 1.29 is 13.2 Å². The first-order valence-electron chi connectivity index (χ1n) is 8.16. The average molecular weight is 337 g/mol. The number of carbonyl (C=O) groups is 1. The van der Waals surface area contributed by atoms with E-state index in [-0.39, 0.29) is 23.6 Å². The standard InChI is InChI=1S/C16H23N3O3S/c20-16(18-15-5-9-23(21,22)12-15)19-7-3-13(4-8-19)10-14-2-1-6-17-11-14/h1-2,6,11,13,15H,3-5,7-10,12H2,(H,18,20)/t15-/m1/s1. The van der Waals surface area contributed by atoms with Gasteiger partial charge in [-0.2, -0.15) is 0 Å².